The van der Waals surface area contributed by atoms with Crippen LogP contribution in [0.25, 0.3) is 0 Å². The molecular formula is C9H13N5O. The molecule has 0 fully saturated rings. The highest BCUT2D eigenvalue weighted by molar-refractivity contribution is 5.70. The number of hydrogen-bond donors (Lipinski definition) is 2. The van der Waals surface area contributed by atoms with Gasteiger partial charge in [-0.05, 0) is 12.1 Å². The number of aromatic nitrogens is 4. The second-order valence-corrected chi connectivity index (χ2v) is 2.28. The van der Waals surface area contributed by atoms with E-state index < -0.39 is 0 Å². The van der Waals surface area contributed by atoms with Crippen LogP contribution < -0.4 is 5.73 Å². The number of rotatable bonds is 0. The van der Waals surface area contributed by atoms with Crippen molar-refractivity contribution in [3.05, 3.63) is 43.2 Å². The van der Waals surface area contributed by atoms with Crippen LogP contribution in [0, 0.1) is 0 Å². The number of amides is 1. The zero-order valence-electron chi connectivity index (χ0n) is 8.37. The molecule has 0 radical (unpaired) electrons. The number of nitrogens with one attached hydrogen (secondary N) is 1. The maximum absolute atomic E-state index is 9.22. The number of H-pyrrole nitrogens is 1. The first-order valence-corrected chi connectivity index (χ1v) is 4.13. The maximum atomic E-state index is 9.22. The van der Waals surface area contributed by atoms with Crippen LogP contribution in [-0.2, 0) is 4.79 Å². The molecule has 1 amide bonds. The minimum Gasteiger partial charge on any atom is -0.370 e. The van der Waals surface area contributed by atoms with Gasteiger partial charge in [0.25, 0.3) is 0 Å². The third kappa shape index (κ3) is 14.6. The number of carbonyl (C=O) groups is 1. The van der Waals surface area contributed by atoms with E-state index in [-0.39, 0.29) is 5.91 Å². The summed E-state index contributed by atoms with van der Waals surface area (Å²) in [6.45, 7) is 1.31. The molecule has 0 spiro atoms. The highest BCUT2D eigenvalue weighted by Gasteiger charge is 1.61. The quantitative estimate of drug-likeness (QED) is 0.652. The van der Waals surface area contributed by atoms with Crippen LogP contribution >= 0.6 is 0 Å². The Morgan fingerprint density at radius 3 is 1.93 bits per heavy atom. The highest BCUT2D eigenvalue weighted by Crippen LogP contribution is 1.66. The van der Waals surface area contributed by atoms with Gasteiger partial charge >= 0.3 is 0 Å². The van der Waals surface area contributed by atoms with E-state index >= 15 is 0 Å². The summed E-state index contributed by atoms with van der Waals surface area (Å²) in [5.74, 6) is -0.333. The van der Waals surface area contributed by atoms with E-state index in [2.05, 4.69) is 25.9 Å². The lowest BCUT2D eigenvalue weighted by molar-refractivity contribution is -0.115. The summed E-state index contributed by atoms with van der Waals surface area (Å²) in [6.07, 6.45) is 8.33. The van der Waals surface area contributed by atoms with Crippen molar-refractivity contribution in [1.82, 2.24) is 20.2 Å². The average molecular weight is 207 g/mol. The number of nitrogens with zero attached hydrogens (tertiary/aromatic N) is 3. The molecule has 0 saturated heterocycles. The molecule has 0 atom stereocenters. The molecule has 0 unspecified atom stereocenters. The van der Waals surface area contributed by atoms with Crippen molar-refractivity contribution < 1.29 is 4.79 Å². The van der Waals surface area contributed by atoms with Crippen molar-refractivity contribution in [3.8, 4) is 0 Å². The summed E-state index contributed by atoms with van der Waals surface area (Å²) in [7, 11) is 0. The standard InChI is InChI=1S/C4H4N2.C3H4N2.C2H5NO/c1-2-5-4-6-3-1;1-2-4-5-3-1;1-2(3)4/h1-4H;1-3H,(H,4,5);1H3,(H2,3,4). The van der Waals surface area contributed by atoms with Gasteiger partial charge in [-0.2, -0.15) is 5.10 Å². The molecule has 0 aliphatic rings. The molecule has 15 heavy (non-hydrogen) atoms. The Balaban J connectivity index is 0.000000202. The first-order chi connectivity index (χ1) is 7.23. The molecule has 2 heterocycles. The van der Waals surface area contributed by atoms with E-state index in [0.29, 0.717) is 0 Å². The smallest absolute Gasteiger partial charge is 0.214 e. The van der Waals surface area contributed by atoms with Gasteiger partial charge in [-0.1, -0.05) is 0 Å². The minimum absolute atomic E-state index is 0.333. The van der Waals surface area contributed by atoms with Crippen LogP contribution in [0.3, 0.4) is 0 Å². The maximum Gasteiger partial charge on any atom is 0.214 e. The van der Waals surface area contributed by atoms with E-state index in [0.717, 1.165) is 0 Å². The van der Waals surface area contributed by atoms with E-state index in [1.165, 1.54) is 13.3 Å². The third-order valence-electron chi connectivity index (χ3n) is 0.883. The lowest BCUT2D eigenvalue weighted by Crippen LogP contribution is -2.01. The second-order valence-electron chi connectivity index (χ2n) is 2.28. The van der Waals surface area contributed by atoms with Crippen LogP contribution in [0.1, 0.15) is 6.92 Å². The summed E-state index contributed by atoms with van der Waals surface area (Å²) in [5, 5.41) is 6.21. The average Bonchev–Trinajstić information content (AvgIpc) is 2.77. The molecule has 2 rings (SSSR count). The Bertz CT molecular complexity index is 274. The lowest BCUT2D eigenvalue weighted by Gasteiger charge is -1.70. The topological polar surface area (TPSA) is 97.6 Å². The van der Waals surface area contributed by atoms with Crippen molar-refractivity contribution in [1.29, 1.82) is 0 Å². The fourth-order valence-electron chi connectivity index (χ4n) is 0.469. The number of primary amides is 1. The van der Waals surface area contributed by atoms with E-state index in [1.54, 1.807) is 30.9 Å². The Morgan fingerprint density at radius 2 is 1.80 bits per heavy atom. The molecule has 2 aromatic heterocycles. The van der Waals surface area contributed by atoms with Gasteiger partial charge in [-0.25, -0.2) is 9.97 Å². The predicted octanol–water partition coefficient (Wildman–Crippen LogP) is 0.378. The third-order valence-corrected chi connectivity index (χ3v) is 0.883. The van der Waals surface area contributed by atoms with Crippen molar-refractivity contribution >= 4 is 5.91 Å². The molecule has 6 heteroatoms. The van der Waals surface area contributed by atoms with Crippen LogP contribution in [0.5, 0.6) is 0 Å². The van der Waals surface area contributed by atoms with E-state index in [9.17, 15) is 4.79 Å². The summed E-state index contributed by atoms with van der Waals surface area (Å²) < 4.78 is 0. The molecule has 0 aliphatic heterocycles. The van der Waals surface area contributed by atoms with Crippen LogP contribution in [-0.4, -0.2) is 26.1 Å². The molecule has 0 saturated carbocycles. The first kappa shape index (κ1) is 12.8. The minimum atomic E-state index is -0.333. The molecular weight excluding hydrogens is 194 g/mol. The predicted molar refractivity (Wildman–Crippen MR) is 55.5 cm³/mol. The summed E-state index contributed by atoms with van der Waals surface area (Å²) in [6, 6.07) is 3.61. The fourth-order valence-corrected chi connectivity index (χ4v) is 0.469. The van der Waals surface area contributed by atoms with Crippen LogP contribution in [0.15, 0.2) is 43.2 Å². The zero-order valence-corrected chi connectivity index (χ0v) is 8.37. The van der Waals surface area contributed by atoms with Crippen molar-refractivity contribution in [3.63, 3.8) is 0 Å². The Labute approximate surface area is 87.6 Å². The normalized spacial score (nSPS) is 7.53. The summed E-state index contributed by atoms with van der Waals surface area (Å²) in [5.41, 5.74) is 4.47. The molecule has 2 aromatic rings. The van der Waals surface area contributed by atoms with Gasteiger partial charge in [-0.3, -0.25) is 9.89 Å². The molecule has 3 N–H and O–H groups in total. The van der Waals surface area contributed by atoms with Gasteiger partial charge in [0.05, 0.1) is 0 Å². The van der Waals surface area contributed by atoms with Gasteiger partial charge < -0.3 is 5.73 Å². The Morgan fingerprint density at radius 1 is 1.20 bits per heavy atom. The molecule has 6 nitrogen and oxygen atoms in total. The number of carbonyl (C=O) groups excluding carboxylic acids is 1. The SMILES string of the molecule is CC(N)=O.c1cn[nH]c1.c1cncnc1. The lowest BCUT2D eigenvalue weighted by atomic mass is 10.7. The van der Waals surface area contributed by atoms with Crippen LogP contribution in [0.4, 0.5) is 0 Å². The van der Waals surface area contributed by atoms with Crippen LogP contribution in [0.2, 0.25) is 0 Å². The van der Waals surface area contributed by atoms with E-state index in [4.69, 9.17) is 0 Å². The molecule has 80 valence electrons. The molecule has 0 aromatic carbocycles. The van der Waals surface area contributed by atoms with Gasteiger partial charge in [-0.15, -0.1) is 0 Å². The Kier molecular flexibility index (Phi) is 8.37. The first-order valence-electron chi connectivity index (χ1n) is 4.13. The Hall–Kier alpha value is -2.24. The monoisotopic (exact) mass is 207 g/mol. The van der Waals surface area contributed by atoms with Gasteiger partial charge in [0.1, 0.15) is 6.33 Å². The second kappa shape index (κ2) is 9.85. The molecule has 0 bridgehead atoms. The molecule has 0 aliphatic carbocycles. The number of hydrogen-bond acceptors (Lipinski definition) is 4. The van der Waals surface area contributed by atoms with Gasteiger partial charge in [0, 0.05) is 31.7 Å². The largest absolute Gasteiger partial charge is 0.370 e. The van der Waals surface area contributed by atoms with Gasteiger partial charge in [0.2, 0.25) is 5.91 Å². The van der Waals surface area contributed by atoms with Crippen molar-refractivity contribution in [2.45, 2.75) is 6.92 Å². The number of aromatic amines is 1. The summed E-state index contributed by atoms with van der Waals surface area (Å²) >= 11 is 0. The highest BCUT2D eigenvalue weighted by atomic mass is 16.1. The zero-order chi connectivity index (χ0) is 11.4. The van der Waals surface area contributed by atoms with E-state index in [1.807, 2.05) is 6.07 Å². The summed E-state index contributed by atoms with van der Waals surface area (Å²) in [4.78, 5) is 16.6. The van der Waals surface area contributed by atoms with Crippen molar-refractivity contribution in [2.75, 3.05) is 0 Å². The fraction of sp³-hybridized carbons (Fsp3) is 0.111. The number of nitrogens with two attached hydrogens (primary N) is 1. The van der Waals surface area contributed by atoms with Gasteiger partial charge in [0.15, 0.2) is 0 Å². The van der Waals surface area contributed by atoms with Crippen molar-refractivity contribution in [2.24, 2.45) is 5.73 Å².